The molecule has 0 radical (unpaired) electrons. The van der Waals surface area contributed by atoms with Gasteiger partial charge in [0.15, 0.2) is 5.70 Å². The van der Waals surface area contributed by atoms with Crippen molar-refractivity contribution < 1.29 is 17.9 Å². The molecule has 1 aliphatic rings. The lowest BCUT2D eigenvalue weighted by Crippen LogP contribution is -2.30. The highest BCUT2D eigenvalue weighted by Crippen LogP contribution is 2.24. The molecule has 0 fully saturated rings. The van der Waals surface area contributed by atoms with Crippen LogP contribution in [0.25, 0.3) is 6.08 Å². The molecule has 1 heterocycles. The molecule has 0 unspecified atom stereocenters. The van der Waals surface area contributed by atoms with Crippen LogP contribution in [0.1, 0.15) is 25.0 Å². The third kappa shape index (κ3) is 4.09. The molecule has 2 aromatic rings. The van der Waals surface area contributed by atoms with E-state index in [2.05, 4.69) is 20.9 Å². The number of hydrogen-bond acceptors (Lipinski definition) is 5. The Morgan fingerprint density at radius 1 is 1.11 bits per heavy atom. The van der Waals surface area contributed by atoms with Crippen LogP contribution in [-0.2, 0) is 19.6 Å². The fraction of sp³-hybridized carbons (Fsp3) is 0.200. The van der Waals surface area contributed by atoms with Crippen LogP contribution in [0.5, 0.6) is 0 Å². The van der Waals surface area contributed by atoms with Gasteiger partial charge in [0.1, 0.15) is 0 Å². The monoisotopic (exact) mass is 462 g/mol. The minimum absolute atomic E-state index is 0.0832. The Bertz CT molecular complexity index is 1070. The lowest BCUT2D eigenvalue weighted by Gasteiger charge is -2.18. The molecular formula is C20H19BrN2O4S. The number of esters is 1. The number of cyclic esters (lactones) is 1. The van der Waals surface area contributed by atoms with Gasteiger partial charge >= 0.3 is 5.97 Å². The van der Waals surface area contributed by atoms with E-state index in [9.17, 15) is 13.2 Å². The summed E-state index contributed by atoms with van der Waals surface area (Å²) in [5.74, 6) is -0.498. The predicted molar refractivity (Wildman–Crippen MR) is 111 cm³/mol. The van der Waals surface area contributed by atoms with Crippen LogP contribution in [0.4, 0.5) is 0 Å². The van der Waals surface area contributed by atoms with E-state index >= 15 is 0 Å². The number of halogens is 1. The second-order valence-corrected chi connectivity index (χ2v) is 8.77. The van der Waals surface area contributed by atoms with Gasteiger partial charge in [-0.3, -0.25) is 0 Å². The summed E-state index contributed by atoms with van der Waals surface area (Å²) in [6.45, 7) is 4.31. The number of aliphatic imine (C=N–C) groups is 1. The number of nitrogens with zero attached hydrogens (tertiary/aromatic N) is 2. The van der Waals surface area contributed by atoms with Crippen molar-refractivity contribution in [3.63, 3.8) is 0 Å². The third-order valence-corrected chi connectivity index (χ3v) is 7.01. The van der Waals surface area contributed by atoms with Gasteiger partial charge in [-0.25, -0.2) is 18.2 Å². The normalized spacial score (nSPS) is 15.8. The van der Waals surface area contributed by atoms with Crippen LogP contribution in [-0.4, -0.2) is 37.7 Å². The van der Waals surface area contributed by atoms with Crippen molar-refractivity contribution in [3.05, 3.63) is 69.8 Å². The fourth-order valence-electron chi connectivity index (χ4n) is 2.77. The first kappa shape index (κ1) is 20.4. The average molecular weight is 463 g/mol. The second kappa shape index (κ2) is 8.38. The molecule has 0 amide bonds. The highest BCUT2D eigenvalue weighted by atomic mass is 79.9. The molecule has 0 aliphatic carbocycles. The molecule has 0 saturated carbocycles. The summed E-state index contributed by atoms with van der Waals surface area (Å²) >= 11 is 3.43. The Morgan fingerprint density at radius 2 is 1.82 bits per heavy atom. The maximum atomic E-state index is 12.7. The lowest BCUT2D eigenvalue weighted by molar-refractivity contribution is -0.129. The molecule has 8 heteroatoms. The number of hydrogen-bond donors (Lipinski definition) is 0. The van der Waals surface area contributed by atoms with Crippen LogP contribution >= 0.6 is 15.9 Å². The molecule has 6 nitrogen and oxygen atoms in total. The zero-order valence-corrected chi connectivity index (χ0v) is 17.8. The fourth-order valence-corrected chi connectivity index (χ4v) is 4.68. The number of sulfonamides is 1. The Labute approximate surface area is 172 Å². The number of benzene rings is 2. The van der Waals surface area contributed by atoms with Crippen LogP contribution < -0.4 is 0 Å². The first-order valence-electron chi connectivity index (χ1n) is 8.74. The number of ether oxygens (including phenoxy) is 1. The largest absolute Gasteiger partial charge is 0.402 e. The minimum Gasteiger partial charge on any atom is -0.402 e. The molecule has 0 N–H and O–H groups in total. The van der Waals surface area contributed by atoms with Gasteiger partial charge in [-0.15, -0.1) is 0 Å². The molecule has 1 aliphatic heterocycles. The zero-order valence-electron chi connectivity index (χ0n) is 15.4. The van der Waals surface area contributed by atoms with Crippen molar-refractivity contribution in [2.24, 2.45) is 4.99 Å². The van der Waals surface area contributed by atoms with Crippen LogP contribution in [0.3, 0.4) is 0 Å². The highest BCUT2D eigenvalue weighted by Gasteiger charge is 2.27. The number of rotatable bonds is 6. The van der Waals surface area contributed by atoms with Crippen molar-refractivity contribution in [1.82, 2.24) is 4.31 Å². The van der Waals surface area contributed by atoms with E-state index in [0.717, 1.165) is 10.0 Å². The zero-order chi connectivity index (χ0) is 20.3. The van der Waals surface area contributed by atoms with Crippen LogP contribution in [0, 0.1) is 0 Å². The van der Waals surface area contributed by atoms with E-state index < -0.39 is 16.0 Å². The van der Waals surface area contributed by atoms with Gasteiger partial charge in [0.05, 0.1) is 4.90 Å². The molecule has 0 bridgehead atoms. The van der Waals surface area contributed by atoms with Crippen molar-refractivity contribution in [1.29, 1.82) is 0 Å². The second-order valence-electron chi connectivity index (χ2n) is 5.97. The summed E-state index contributed by atoms with van der Waals surface area (Å²) < 4.78 is 32.9. The summed E-state index contributed by atoms with van der Waals surface area (Å²) in [5, 5.41) is 0. The van der Waals surface area contributed by atoms with E-state index in [0.29, 0.717) is 18.7 Å². The average Bonchev–Trinajstić information content (AvgIpc) is 3.05. The number of carbonyl (C=O) groups excluding carboxylic acids is 1. The minimum atomic E-state index is -3.62. The summed E-state index contributed by atoms with van der Waals surface area (Å²) in [6, 6.07) is 13.7. The molecule has 0 atom stereocenters. The molecule has 2 aromatic carbocycles. The smallest absolute Gasteiger partial charge is 0.363 e. The van der Waals surface area contributed by atoms with Gasteiger partial charge in [-0.1, -0.05) is 54.0 Å². The molecule has 0 aromatic heterocycles. The van der Waals surface area contributed by atoms with Gasteiger partial charge in [0, 0.05) is 23.1 Å². The first-order chi connectivity index (χ1) is 13.4. The Hall–Kier alpha value is -2.29. The van der Waals surface area contributed by atoms with E-state index in [1.807, 2.05) is 24.3 Å². The van der Waals surface area contributed by atoms with Crippen LogP contribution in [0.2, 0.25) is 0 Å². The molecule has 146 valence electrons. The van der Waals surface area contributed by atoms with Gasteiger partial charge in [0.25, 0.3) is 0 Å². The van der Waals surface area contributed by atoms with E-state index in [4.69, 9.17) is 4.74 Å². The summed E-state index contributed by atoms with van der Waals surface area (Å²) in [5.41, 5.74) is 1.37. The molecule has 3 rings (SSSR count). The third-order valence-electron chi connectivity index (χ3n) is 4.24. The summed E-state index contributed by atoms with van der Waals surface area (Å²) in [7, 11) is -3.62. The van der Waals surface area contributed by atoms with Gasteiger partial charge in [-0.2, -0.15) is 4.31 Å². The SMILES string of the molecule is CCN(CC)S(=O)(=O)c1cccc(C2=N/C(=C\c3ccccc3Br)C(=O)O2)c1. The molecular weight excluding hydrogens is 444 g/mol. The van der Waals surface area contributed by atoms with Crippen molar-refractivity contribution in [3.8, 4) is 0 Å². The van der Waals surface area contributed by atoms with Gasteiger partial charge in [-0.05, 0) is 35.9 Å². The number of carbonyl (C=O) groups is 1. The molecule has 0 spiro atoms. The van der Waals surface area contributed by atoms with Crippen molar-refractivity contribution in [2.45, 2.75) is 18.7 Å². The van der Waals surface area contributed by atoms with E-state index in [1.165, 1.54) is 16.4 Å². The van der Waals surface area contributed by atoms with Gasteiger partial charge in [0.2, 0.25) is 15.9 Å². The van der Waals surface area contributed by atoms with Crippen molar-refractivity contribution >= 4 is 43.9 Å². The summed E-state index contributed by atoms with van der Waals surface area (Å²) in [6.07, 6.45) is 1.62. The predicted octanol–water partition coefficient (Wildman–Crippen LogP) is 3.82. The lowest BCUT2D eigenvalue weighted by atomic mass is 10.2. The van der Waals surface area contributed by atoms with Crippen LogP contribution in [0.15, 0.2) is 68.6 Å². The summed E-state index contributed by atoms with van der Waals surface area (Å²) in [4.78, 5) is 16.6. The Balaban J connectivity index is 1.97. The Morgan fingerprint density at radius 3 is 2.50 bits per heavy atom. The first-order valence-corrected chi connectivity index (χ1v) is 11.0. The van der Waals surface area contributed by atoms with E-state index in [-0.39, 0.29) is 16.5 Å². The Kier molecular flexibility index (Phi) is 6.12. The standard InChI is InChI=1S/C20H19BrN2O4S/c1-3-23(4-2)28(25,26)16-10-7-9-15(12-16)19-22-18(20(24)27-19)13-14-8-5-6-11-17(14)21/h5-13H,3-4H2,1-2H3/b18-13-. The topological polar surface area (TPSA) is 76.0 Å². The highest BCUT2D eigenvalue weighted by molar-refractivity contribution is 9.10. The van der Waals surface area contributed by atoms with Gasteiger partial charge < -0.3 is 4.74 Å². The quantitative estimate of drug-likeness (QED) is 0.482. The molecule has 28 heavy (non-hydrogen) atoms. The maximum absolute atomic E-state index is 12.7. The molecule has 0 saturated heterocycles. The van der Waals surface area contributed by atoms with E-state index in [1.54, 1.807) is 32.1 Å². The maximum Gasteiger partial charge on any atom is 0.363 e. The van der Waals surface area contributed by atoms with Crippen molar-refractivity contribution in [2.75, 3.05) is 13.1 Å².